The Hall–Kier alpha value is -3.06. The van der Waals surface area contributed by atoms with Gasteiger partial charge < -0.3 is 20.3 Å². The van der Waals surface area contributed by atoms with Gasteiger partial charge >= 0.3 is 6.09 Å². The van der Waals surface area contributed by atoms with Gasteiger partial charge in [0.2, 0.25) is 5.91 Å². The van der Waals surface area contributed by atoms with Crippen molar-refractivity contribution in [3.05, 3.63) is 63.7 Å². The van der Waals surface area contributed by atoms with Crippen LogP contribution >= 0.6 is 11.6 Å². The zero-order valence-electron chi connectivity index (χ0n) is 25.9. The van der Waals surface area contributed by atoms with Crippen LogP contribution in [0.25, 0.3) is 0 Å². The minimum absolute atomic E-state index is 0.274. The fraction of sp³-hybridized carbons (Fsp3) is 0.531. The normalized spacial score (nSPS) is 13.4. The van der Waals surface area contributed by atoms with E-state index >= 15 is 0 Å². The van der Waals surface area contributed by atoms with E-state index in [4.69, 9.17) is 16.3 Å². The summed E-state index contributed by atoms with van der Waals surface area (Å²) in [6.07, 6.45) is -0.122. The predicted octanol–water partition coefficient (Wildman–Crippen LogP) is 7.51. The van der Waals surface area contributed by atoms with Crippen molar-refractivity contribution >= 4 is 35.2 Å². The van der Waals surface area contributed by atoms with Crippen LogP contribution in [0.2, 0.25) is 5.02 Å². The van der Waals surface area contributed by atoms with Crippen LogP contribution in [-0.4, -0.2) is 40.0 Å². The molecule has 2 aromatic rings. The Kier molecular flexibility index (Phi) is 10.8. The van der Waals surface area contributed by atoms with Gasteiger partial charge in [0, 0.05) is 5.54 Å². The highest BCUT2D eigenvalue weighted by atomic mass is 35.5. The van der Waals surface area contributed by atoms with Gasteiger partial charge in [-0.05, 0) is 90.5 Å². The first-order valence-corrected chi connectivity index (χ1v) is 14.2. The number of rotatable bonds is 9. The lowest BCUT2D eigenvalue weighted by Crippen LogP contribution is -2.60. The van der Waals surface area contributed by atoms with Crippen molar-refractivity contribution in [1.82, 2.24) is 10.2 Å². The quantitative estimate of drug-likeness (QED) is 0.326. The maximum Gasteiger partial charge on any atom is 0.408 e. The number of benzene rings is 2. The number of halogens is 1. The van der Waals surface area contributed by atoms with Crippen LogP contribution in [0, 0.1) is 26.7 Å². The number of ether oxygens (including phenoxy) is 1. The third kappa shape index (κ3) is 8.23. The zero-order chi connectivity index (χ0) is 30.6. The number of carbonyl (C=O) groups is 3. The summed E-state index contributed by atoms with van der Waals surface area (Å²) >= 11 is 6.48. The summed E-state index contributed by atoms with van der Waals surface area (Å²) in [5, 5.41) is 6.20. The third-order valence-corrected chi connectivity index (χ3v) is 7.37. The second-order valence-corrected chi connectivity index (χ2v) is 12.8. The molecule has 220 valence electrons. The number of alkyl carbamates (subject to hydrolysis) is 1. The number of para-hydroxylation sites is 1. The molecule has 2 atom stereocenters. The van der Waals surface area contributed by atoms with Crippen molar-refractivity contribution in [1.29, 1.82) is 0 Å². The van der Waals surface area contributed by atoms with Gasteiger partial charge in [-0.25, -0.2) is 4.79 Å². The first-order chi connectivity index (χ1) is 18.4. The van der Waals surface area contributed by atoms with E-state index in [1.165, 1.54) is 0 Å². The van der Waals surface area contributed by atoms with Crippen LogP contribution in [0.1, 0.15) is 90.1 Å². The van der Waals surface area contributed by atoms with Crippen LogP contribution in [0.5, 0.6) is 0 Å². The minimum Gasteiger partial charge on any atom is -0.444 e. The molecule has 2 unspecified atom stereocenters. The Morgan fingerprint density at radius 1 is 0.975 bits per heavy atom. The molecule has 0 radical (unpaired) electrons. The second kappa shape index (κ2) is 13.1. The van der Waals surface area contributed by atoms with Gasteiger partial charge in [-0.15, -0.1) is 0 Å². The fourth-order valence-corrected chi connectivity index (χ4v) is 4.82. The van der Waals surface area contributed by atoms with E-state index in [0.717, 1.165) is 16.7 Å². The van der Waals surface area contributed by atoms with Gasteiger partial charge in [-0.3, -0.25) is 9.59 Å². The number of anilines is 1. The molecule has 0 aliphatic carbocycles. The molecule has 2 aromatic carbocycles. The van der Waals surface area contributed by atoms with Gasteiger partial charge in [0.15, 0.2) is 0 Å². The average Bonchev–Trinajstić information content (AvgIpc) is 2.82. The number of carbonyl (C=O) groups excluding carboxylic acids is 3. The van der Waals surface area contributed by atoms with Crippen molar-refractivity contribution < 1.29 is 19.1 Å². The first-order valence-electron chi connectivity index (χ1n) is 13.9. The maximum atomic E-state index is 14.5. The highest BCUT2D eigenvalue weighted by Crippen LogP contribution is 2.36. The fourth-order valence-electron chi connectivity index (χ4n) is 4.56. The van der Waals surface area contributed by atoms with Crippen LogP contribution in [0.15, 0.2) is 36.4 Å². The summed E-state index contributed by atoms with van der Waals surface area (Å²) < 4.78 is 5.48. The molecule has 2 rings (SSSR count). The molecular weight excluding hydrogens is 526 g/mol. The number of amides is 3. The van der Waals surface area contributed by atoms with E-state index in [2.05, 4.69) is 10.6 Å². The van der Waals surface area contributed by atoms with Crippen LogP contribution in [-0.2, 0) is 14.3 Å². The molecule has 3 amide bonds. The molecule has 0 saturated carbocycles. The van der Waals surface area contributed by atoms with Crippen LogP contribution < -0.4 is 10.6 Å². The van der Waals surface area contributed by atoms with E-state index in [1.54, 1.807) is 31.7 Å². The Morgan fingerprint density at radius 3 is 2.10 bits per heavy atom. The zero-order valence-corrected chi connectivity index (χ0v) is 26.6. The molecular formula is C32H46ClN3O4. The number of aryl methyl sites for hydroxylation is 3. The number of hydrogen-bond acceptors (Lipinski definition) is 4. The molecule has 8 heteroatoms. The van der Waals surface area contributed by atoms with Gasteiger partial charge in [0.1, 0.15) is 17.7 Å². The summed E-state index contributed by atoms with van der Waals surface area (Å²) in [5.74, 6) is -1.04. The second-order valence-electron chi connectivity index (χ2n) is 12.4. The van der Waals surface area contributed by atoms with Crippen molar-refractivity contribution in [2.45, 2.75) is 106 Å². The first kappa shape index (κ1) is 33.1. The van der Waals surface area contributed by atoms with Crippen molar-refractivity contribution in [2.75, 3.05) is 5.32 Å². The highest BCUT2D eigenvalue weighted by molar-refractivity contribution is 6.34. The number of nitrogens with zero attached hydrogens (tertiary/aromatic N) is 1. The number of hydrogen-bond donors (Lipinski definition) is 2. The third-order valence-electron chi connectivity index (χ3n) is 7.06. The summed E-state index contributed by atoms with van der Waals surface area (Å²) in [6, 6.07) is 9.30. The standard InChI is InChI=1S/C32H46ClN3O4/c1-12-32(10,11)36(29(38)25(19(2)3)35-30(39)40-31(7,8)9)27(23-17-16-20(4)18-22(23)6)28(37)34-26-21(5)14-13-15-24(26)33/h13-19,25,27H,12H2,1-11H3,(H,34,37)(H,35,39). The molecule has 40 heavy (non-hydrogen) atoms. The maximum absolute atomic E-state index is 14.5. The van der Waals surface area contributed by atoms with Gasteiger partial charge in [-0.2, -0.15) is 0 Å². The highest BCUT2D eigenvalue weighted by Gasteiger charge is 2.44. The van der Waals surface area contributed by atoms with E-state index in [0.29, 0.717) is 22.7 Å². The summed E-state index contributed by atoms with van der Waals surface area (Å²) in [4.78, 5) is 43.2. The minimum atomic E-state index is -1.000. The van der Waals surface area contributed by atoms with Crippen LogP contribution in [0.4, 0.5) is 10.5 Å². The van der Waals surface area contributed by atoms with Crippen molar-refractivity contribution in [2.24, 2.45) is 5.92 Å². The van der Waals surface area contributed by atoms with Gasteiger partial charge in [0.05, 0.1) is 10.7 Å². The number of nitrogens with one attached hydrogen (secondary N) is 2. The lowest BCUT2D eigenvalue weighted by atomic mass is 9.88. The summed E-state index contributed by atoms with van der Waals surface area (Å²) in [5.41, 5.74) is 2.43. The smallest absolute Gasteiger partial charge is 0.408 e. The Morgan fingerprint density at radius 2 is 1.60 bits per heavy atom. The largest absolute Gasteiger partial charge is 0.444 e. The Balaban J connectivity index is 2.73. The average molecular weight is 572 g/mol. The predicted molar refractivity (Wildman–Crippen MR) is 163 cm³/mol. The molecule has 0 bridgehead atoms. The molecule has 0 aromatic heterocycles. The van der Waals surface area contributed by atoms with Crippen molar-refractivity contribution in [3.63, 3.8) is 0 Å². The van der Waals surface area contributed by atoms with Crippen molar-refractivity contribution in [3.8, 4) is 0 Å². The topological polar surface area (TPSA) is 87.7 Å². The lowest BCUT2D eigenvalue weighted by Gasteiger charge is -2.45. The summed E-state index contributed by atoms with van der Waals surface area (Å²) in [7, 11) is 0. The monoisotopic (exact) mass is 571 g/mol. The van der Waals surface area contributed by atoms with E-state index in [9.17, 15) is 14.4 Å². The van der Waals surface area contributed by atoms with E-state index < -0.39 is 35.2 Å². The SMILES string of the molecule is CCC(C)(C)N(C(=O)C(NC(=O)OC(C)(C)C)C(C)C)C(C(=O)Nc1c(C)cccc1Cl)c1ccc(C)cc1C. The van der Waals surface area contributed by atoms with Crippen LogP contribution in [0.3, 0.4) is 0 Å². The molecule has 0 spiro atoms. The van der Waals surface area contributed by atoms with Gasteiger partial charge in [0.25, 0.3) is 5.91 Å². The molecule has 0 aliphatic heterocycles. The molecule has 0 saturated heterocycles. The van der Waals surface area contributed by atoms with Gasteiger partial charge in [-0.1, -0.05) is 68.3 Å². The lowest BCUT2D eigenvalue weighted by molar-refractivity contribution is -0.148. The molecule has 7 nitrogen and oxygen atoms in total. The molecule has 0 heterocycles. The van der Waals surface area contributed by atoms with E-state index in [1.807, 2.05) is 85.7 Å². The van der Waals surface area contributed by atoms with E-state index in [-0.39, 0.29) is 11.8 Å². The molecule has 0 aliphatic rings. The molecule has 0 fully saturated rings. The Labute approximate surface area is 245 Å². The summed E-state index contributed by atoms with van der Waals surface area (Å²) in [6.45, 7) is 20.6. The Bertz CT molecular complexity index is 1210. The molecule has 2 N–H and O–H groups in total.